The molecular formula is C75H71N3. The summed E-state index contributed by atoms with van der Waals surface area (Å²) < 4.78 is 0. The number of fused-ring (bicyclic) bond motifs is 6. The van der Waals surface area contributed by atoms with Gasteiger partial charge in [0.25, 0.3) is 0 Å². The molecule has 0 aromatic heterocycles. The van der Waals surface area contributed by atoms with Crippen LogP contribution in [0.1, 0.15) is 156 Å². The number of para-hydroxylation sites is 3. The zero-order valence-electron chi connectivity index (χ0n) is 47.2. The maximum absolute atomic E-state index is 2.73. The molecular weight excluding hydrogens is 943 g/mol. The molecule has 9 aromatic carbocycles. The maximum Gasteiger partial charge on any atom is 0.0545 e. The fraction of sp³-hybridized carbons (Fsp3) is 0.280. The van der Waals surface area contributed by atoms with E-state index in [1.54, 1.807) is 11.1 Å². The van der Waals surface area contributed by atoms with Crippen LogP contribution in [0.5, 0.6) is 0 Å². The number of rotatable bonds is 7. The van der Waals surface area contributed by atoms with Crippen LogP contribution in [0.25, 0.3) is 22.3 Å². The molecule has 1 saturated carbocycles. The predicted molar refractivity (Wildman–Crippen MR) is 328 cm³/mol. The molecule has 3 heterocycles. The van der Waals surface area contributed by atoms with Gasteiger partial charge in [0.05, 0.1) is 17.1 Å². The van der Waals surface area contributed by atoms with Gasteiger partial charge in [0.15, 0.2) is 0 Å². The highest BCUT2D eigenvalue weighted by Crippen LogP contribution is 2.68. The van der Waals surface area contributed by atoms with E-state index in [0.29, 0.717) is 11.8 Å². The summed E-state index contributed by atoms with van der Waals surface area (Å²) in [5.74, 6) is 1.33. The Hall–Kier alpha value is -7.62. The second kappa shape index (κ2) is 16.2. The van der Waals surface area contributed by atoms with Crippen LogP contribution in [0.3, 0.4) is 0 Å². The molecule has 1 fully saturated rings. The van der Waals surface area contributed by atoms with E-state index in [2.05, 4.69) is 272 Å². The molecule has 3 aliphatic carbocycles. The Kier molecular flexibility index (Phi) is 9.90. The fourth-order valence-electron chi connectivity index (χ4n) is 16.3. The minimum Gasteiger partial charge on any atom is -0.311 e. The average molecular weight is 1010 g/mol. The molecule has 0 N–H and O–H groups in total. The number of benzene rings is 9. The summed E-state index contributed by atoms with van der Waals surface area (Å²) >= 11 is 0. The Balaban J connectivity index is 0.944. The number of hydrogen-bond acceptors (Lipinski definition) is 3. The third kappa shape index (κ3) is 6.39. The summed E-state index contributed by atoms with van der Waals surface area (Å²) in [6, 6.07) is 72.3. The van der Waals surface area contributed by atoms with Crippen molar-refractivity contribution in [1.82, 2.24) is 0 Å². The summed E-state index contributed by atoms with van der Waals surface area (Å²) in [5.41, 5.74) is 29.7. The lowest BCUT2D eigenvalue weighted by Crippen LogP contribution is -2.43. The second-order valence-electron chi connectivity index (χ2n) is 26.5. The minimum absolute atomic E-state index is 0.0988. The number of hydrogen-bond donors (Lipinski definition) is 0. The van der Waals surface area contributed by atoms with Crippen LogP contribution in [0.15, 0.2) is 188 Å². The molecule has 386 valence electrons. The molecule has 2 atom stereocenters. The predicted octanol–water partition coefficient (Wildman–Crippen LogP) is 20.6. The normalized spacial score (nSPS) is 19.9. The van der Waals surface area contributed by atoms with Crippen molar-refractivity contribution in [2.75, 3.05) is 14.7 Å². The van der Waals surface area contributed by atoms with Crippen molar-refractivity contribution in [2.24, 2.45) is 5.92 Å². The Morgan fingerprint density at radius 2 is 0.769 bits per heavy atom. The molecule has 0 radical (unpaired) electrons. The lowest BCUT2D eigenvalue weighted by Gasteiger charge is -2.55. The first-order valence-corrected chi connectivity index (χ1v) is 29.0. The Morgan fingerprint density at radius 1 is 0.333 bits per heavy atom. The smallest absolute Gasteiger partial charge is 0.0545 e. The summed E-state index contributed by atoms with van der Waals surface area (Å²) in [7, 11) is 0. The Labute approximate surface area is 463 Å². The van der Waals surface area contributed by atoms with Crippen molar-refractivity contribution >= 4 is 51.2 Å². The molecule has 0 spiro atoms. The third-order valence-electron chi connectivity index (χ3n) is 20.6. The van der Waals surface area contributed by atoms with Crippen molar-refractivity contribution in [3.63, 3.8) is 0 Å². The van der Waals surface area contributed by atoms with Crippen molar-refractivity contribution in [2.45, 2.75) is 128 Å². The van der Waals surface area contributed by atoms with Gasteiger partial charge in [0, 0.05) is 55.8 Å². The lowest BCUT2D eigenvalue weighted by atomic mass is 9.60. The van der Waals surface area contributed by atoms with Crippen LogP contribution in [-0.4, -0.2) is 0 Å². The molecule has 9 aromatic rings. The highest BCUT2D eigenvalue weighted by atomic mass is 15.2. The molecule has 3 aliphatic heterocycles. The van der Waals surface area contributed by atoms with Crippen molar-refractivity contribution in [3.05, 3.63) is 244 Å². The molecule has 2 unspecified atom stereocenters. The highest BCUT2D eigenvalue weighted by Gasteiger charge is 2.53. The van der Waals surface area contributed by atoms with E-state index in [-0.39, 0.29) is 27.1 Å². The largest absolute Gasteiger partial charge is 0.311 e. The van der Waals surface area contributed by atoms with E-state index in [9.17, 15) is 0 Å². The van der Waals surface area contributed by atoms with Gasteiger partial charge in [-0.25, -0.2) is 0 Å². The van der Waals surface area contributed by atoms with E-state index in [4.69, 9.17) is 0 Å². The van der Waals surface area contributed by atoms with E-state index in [0.717, 1.165) is 17.1 Å². The van der Waals surface area contributed by atoms with E-state index < -0.39 is 0 Å². The van der Waals surface area contributed by atoms with Crippen molar-refractivity contribution in [1.29, 1.82) is 0 Å². The summed E-state index contributed by atoms with van der Waals surface area (Å²) in [6.45, 7) is 24.9. The van der Waals surface area contributed by atoms with E-state index in [1.165, 1.54) is 127 Å². The van der Waals surface area contributed by atoms with Gasteiger partial charge in [-0.05, 0) is 193 Å². The minimum atomic E-state index is -0.368. The first-order valence-electron chi connectivity index (χ1n) is 29.0. The standard InChI is InChI=1S/C75H71N3/c1-71(2)58-28-19-17-26-54(58)56-38-36-51(42-62(56)71)77(52-37-39-57-55-27-18-20-29-59(55)72(3,4)63(57)43-52)53-44-66-70-67(45-53)75(9,10)65-41-47(40-64-69(65)78(70)68-60(73(64,5)6)30-21-31-61(68)74(66,7)8)46-32-34-50(35-33-46)76(48-22-13-11-14-23-48)49-24-15-12-16-25-49/h11-17,19,21-26,28,30-45,55,59H,18,20,27,29H2,1-10H3. The number of anilines is 9. The van der Waals surface area contributed by atoms with E-state index >= 15 is 0 Å². The zero-order chi connectivity index (χ0) is 53.4. The van der Waals surface area contributed by atoms with Gasteiger partial charge >= 0.3 is 0 Å². The van der Waals surface area contributed by atoms with E-state index in [1.807, 2.05) is 0 Å². The quantitative estimate of drug-likeness (QED) is 0.158. The third-order valence-corrected chi connectivity index (χ3v) is 20.6. The van der Waals surface area contributed by atoms with Gasteiger partial charge in [-0.1, -0.05) is 185 Å². The van der Waals surface area contributed by atoms with Crippen LogP contribution in [0.2, 0.25) is 0 Å². The number of nitrogens with zero attached hydrogens (tertiary/aromatic N) is 3. The maximum atomic E-state index is 2.73. The molecule has 6 aliphatic rings. The molecule has 3 nitrogen and oxygen atoms in total. The lowest BCUT2D eigenvalue weighted by molar-refractivity contribution is 0.233. The van der Waals surface area contributed by atoms with Gasteiger partial charge in [0.2, 0.25) is 0 Å². The highest BCUT2D eigenvalue weighted by molar-refractivity contribution is 6.01. The van der Waals surface area contributed by atoms with Crippen LogP contribution in [0, 0.1) is 5.92 Å². The Morgan fingerprint density at radius 3 is 1.40 bits per heavy atom. The van der Waals surface area contributed by atoms with Gasteiger partial charge in [-0.3, -0.25) is 0 Å². The molecule has 0 amide bonds. The van der Waals surface area contributed by atoms with Crippen LogP contribution < -0.4 is 14.7 Å². The monoisotopic (exact) mass is 1010 g/mol. The van der Waals surface area contributed by atoms with Gasteiger partial charge in [-0.2, -0.15) is 0 Å². The first-order chi connectivity index (χ1) is 37.5. The van der Waals surface area contributed by atoms with Crippen molar-refractivity contribution in [3.8, 4) is 22.3 Å². The molecule has 0 saturated heterocycles. The average Bonchev–Trinajstić information content (AvgIpc) is 3.33. The van der Waals surface area contributed by atoms with Crippen LogP contribution in [0.4, 0.5) is 51.2 Å². The SMILES string of the molecule is CC1(C)c2ccccc2-c2ccc(N(c3cc4c5c(c3)C(C)(C)c3cc(-c6ccc(N(c7ccccc7)c7ccccc7)cc6)cc6c3N5c3c(cccc3C4(C)C)C6(C)C)c3ccc4c(c3)C(C)(C)C3CCCCC43)cc21. The summed E-state index contributed by atoms with van der Waals surface area (Å²) in [6.07, 6.45) is 5.30. The first kappa shape index (κ1) is 47.6. The van der Waals surface area contributed by atoms with Gasteiger partial charge in [-0.15, -0.1) is 0 Å². The second-order valence-corrected chi connectivity index (χ2v) is 26.5. The summed E-state index contributed by atoms with van der Waals surface area (Å²) in [5, 5.41) is 0. The van der Waals surface area contributed by atoms with Crippen LogP contribution in [-0.2, 0) is 27.1 Å². The summed E-state index contributed by atoms with van der Waals surface area (Å²) in [4.78, 5) is 7.74. The Bertz CT molecular complexity index is 3930. The molecule has 0 bridgehead atoms. The molecule has 15 rings (SSSR count). The van der Waals surface area contributed by atoms with Crippen molar-refractivity contribution < 1.29 is 0 Å². The molecule has 78 heavy (non-hydrogen) atoms. The van der Waals surface area contributed by atoms with Crippen LogP contribution >= 0.6 is 0 Å². The zero-order valence-corrected chi connectivity index (χ0v) is 47.2. The molecule has 3 heteroatoms. The van der Waals surface area contributed by atoms with Gasteiger partial charge < -0.3 is 14.7 Å². The topological polar surface area (TPSA) is 9.72 Å². The van der Waals surface area contributed by atoms with Gasteiger partial charge in [0.1, 0.15) is 0 Å². The fourth-order valence-corrected chi connectivity index (χ4v) is 16.3.